The number of aromatic nitrogens is 4. The minimum absolute atomic E-state index is 0.00764. The normalized spacial score (nSPS) is 22.0. The molecule has 1 fully saturated rings. The van der Waals surface area contributed by atoms with Crippen molar-refractivity contribution >= 4 is 17.5 Å². The van der Waals surface area contributed by atoms with Crippen molar-refractivity contribution < 1.29 is 18.0 Å². The van der Waals surface area contributed by atoms with E-state index in [1.54, 1.807) is 6.07 Å². The van der Waals surface area contributed by atoms with Gasteiger partial charge in [0.05, 0.1) is 17.5 Å². The summed E-state index contributed by atoms with van der Waals surface area (Å²) in [5.74, 6) is -2.17. The van der Waals surface area contributed by atoms with E-state index in [9.17, 15) is 22.8 Å². The van der Waals surface area contributed by atoms with Crippen molar-refractivity contribution in [1.29, 1.82) is 0 Å². The summed E-state index contributed by atoms with van der Waals surface area (Å²) < 4.78 is 42.6. The predicted molar refractivity (Wildman–Crippen MR) is 97.6 cm³/mol. The van der Waals surface area contributed by atoms with Crippen LogP contribution >= 0.6 is 11.6 Å². The van der Waals surface area contributed by atoms with Gasteiger partial charge < -0.3 is 4.90 Å². The van der Waals surface area contributed by atoms with Crippen molar-refractivity contribution in [1.82, 2.24) is 24.2 Å². The van der Waals surface area contributed by atoms with Gasteiger partial charge in [-0.15, -0.1) is 0 Å². The van der Waals surface area contributed by atoms with Gasteiger partial charge in [0.1, 0.15) is 11.9 Å². The molecular weight excluding hydrogens is 411 g/mol. The first kappa shape index (κ1) is 19.9. The van der Waals surface area contributed by atoms with E-state index in [1.807, 2.05) is 0 Å². The minimum Gasteiger partial charge on any atom is -0.341 e. The second kappa shape index (κ2) is 7.47. The quantitative estimate of drug-likeness (QED) is 0.751. The number of fused-ring (bicyclic) bond motifs is 1. The van der Waals surface area contributed by atoms with Crippen LogP contribution in [0.3, 0.4) is 0 Å². The molecule has 2 aliphatic rings. The molecule has 2 aromatic rings. The smallest absolute Gasteiger partial charge is 0.341 e. The number of amides is 1. The second-order valence-corrected chi connectivity index (χ2v) is 7.90. The van der Waals surface area contributed by atoms with Crippen LogP contribution in [-0.2, 0) is 17.8 Å². The van der Waals surface area contributed by atoms with E-state index < -0.39 is 42.6 Å². The van der Waals surface area contributed by atoms with Gasteiger partial charge in [0.25, 0.3) is 0 Å². The number of pyridine rings is 1. The minimum atomic E-state index is -4.47. The van der Waals surface area contributed by atoms with Crippen LogP contribution < -0.4 is 5.69 Å². The third-order valence-corrected chi connectivity index (χ3v) is 5.66. The van der Waals surface area contributed by atoms with E-state index in [0.29, 0.717) is 23.7 Å². The lowest BCUT2D eigenvalue weighted by atomic mass is 9.91. The Morgan fingerprint density at radius 3 is 2.62 bits per heavy atom. The van der Waals surface area contributed by atoms with Gasteiger partial charge in [-0.3, -0.25) is 14.3 Å². The molecule has 29 heavy (non-hydrogen) atoms. The highest BCUT2D eigenvalue weighted by Gasteiger charge is 2.48. The number of likely N-dealkylation sites (tertiary alicyclic amines) is 1. The molecule has 0 radical (unpaired) electrons. The molecule has 0 spiro atoms. The topological polar surface area (TPSA) is 73.0 Å². The van der Waals surface area contributed by atoms with Crippen LogP contribution in [0.5, 0.6) is 0 Å². The van der Waals surface area contributed by atoms with Gasteiger partial charge in [-0.1, -0.05) is 11.6 Å². The number of carbonyl (C=O) groups excluding carboxylic acids is 1. The Labute approximate surface area is 169 Å². The molecule has 156 valence electrons. The van der Waals surface area contributed by atoms with E-state index in [4.69, 9.17) is 11.6 Å². The average Bonchev–Trinajstić information content (AvgIpc) is 3.29. The second-order valence-electron chi connectivity index (χ2n) is 7.46. The van der Waals surface area contributed by atoms with E-state index in [2.05, 4.69) is 10.1 Å². The zero-order valence-electron chi connectivity index (χ0n) is 15.4. The van der Waals surface area contributed by atoms with E-state index in [1.165, 1.54) is 17.3 Å². The third kappa shape index (κ3) is 3.90. The van der Waals surface area contributed by atoms with Gasteiger partial charge in [0.2, 0.25) is 5.91 Å². The van der Waals surface area contributed by atoms with Crippen molar-refractivity contribution in [3.63, 3.8) is 0 Å². The van der Waals surface area contributed by atoms with Crippen molar-refractivity contribution in [3.05, 3.63) is 45.4 Å². The molecule has 0 N–H and O–H groups in total. The van der Waals surface area contributed by atoms with Gasteiger partial charge in [0, 0.05) is 31.9 Å². The van der Waals surface area contributed by atoms with Crippen LogP contribution in [0.15, 0.2) is 23.3 Å². The van der Waals surface area contributed by atoms with Gasteiger partial charge in [-0.05, 0) is 30.9 Å². The predicted octanol–water partition coefficient (Wildman–Crippen LogP) is 2.43. The highest BCUT2D eigenvalue weighted by molar-refractivity contribution is 6.30. The third-order valence-electron chi connectivity index (χ3n) is 5.45. The number of carbonyl (C=O) groups is 1. The zero-order chi connectivity index (χ0) is 20.8. The molecule has 2 aliphatic heterocycles. The zero-order valence-corrected chi connectivity index (χ0v) is 16.2. The maximum absolute atomic E-state index is 13.5. The number of hydrogen-bond donors (Lipinski definition) is 0. The lowest BCUT2D eigenvalue weighted by molar-refractivity contribution is -0.183. The lowest BCUT2D eigenvalue weighted by Crippen LogP contribution is -2.45. The van der Waals surface area contributed by atoms with Crippen LogP contribution in [0.2, 0.25) is 5.02 Å². The first-order chi connectivity index (χ1) is 13.7. The molecular formula is C18H19ClF3N5O2. The largest absolute Gasteiger partial charge is 0.392 e. The molecule has 2 unspecified atom stereocenters. The molecule has 11 heteroatoms. The number of halogens is 4. The fourth-order valence-corrected chi connectivity index (χ4v) is 4.22. The summed E-state index contributed by atoms with van der Waals surface area (Å²) in [6, 6.07) is 0.410. The summed E-state index contributed by atoms with van der Waals surface area (Å²) >= 11 is 5.91. The molecule has 0 aliphatic carbocycles. The monoisotopic (exact) mass is 429 g/mol. The number of rotatable bonds is 3. The maximum Gasteiger partial charge on any atom is 0.392 e. The summed E-state index contributed by atoms with van der Waals surface area (Å²) in [6.45, 7) is 1.00. The van der Waals surface area contributed by atoms with Crippen molar-refractivity contribution in [3.8, 4) is 0 Å². The van der Waals surface area contributed by atoms with Gasteiger partial charge >= 0.3 is 11.9 Å². The fraction of sp³-hybridized carbons (Fsp3) is 0.556. The Bertz CT molecular complexity index is 981. The number of hydrogen-bond acceptors (Lipinski definition) is 4. The Kier molecular flexibility index (Phi) is 5.14. The van der Waals surface area contributed by atoms with Gasteiger partial charge in [0.15, 0.2) is 0 Å². The molecule has 0 saturated carbocycles. The van der Waals surface area contributed by atoms with Crippen LogP contribution in [-0.4, -0.2) is 49.4 Å². The fourth-order valence-electron chi connectivity index (χ4n) is 4.02. The average molecular weight is 430 g/mol. The lowest BCUT2D eigenvalue weighted by Gasteiger charge is -2.32. The van der Waals surface area contributed by atoms with Crippen molar-refractivity contribution in [2.45, 2.75) is 44.4 Å². The summed E-state index contributed by atoms with van der Waals surface area (Å²) in [5.41, 5.74) is -0.0111. The Balaban J connectivity index is 1.72. The molecule has 0 aromatic carbocycles. The van der Waals surface area contributed by atoms with Crippen LogP contribution in [0, 0.1) is 5.92 Å². The van der Waals surface area contributed by atoms with Crippen molar-refractivity contribution in [2.24, 2.45) is 5.92 Å². The standard InChI is InChI=1S/C18H19ClF3N5O2/c19-13-5-11(8-23-9-13)10-26-17(29)27-14(16(28)25-3-1-2-4-25)6-12(18(20,21)22)7-15(27)24-26/h5,8-9,12,14H,1-4,6-7,10H2. The molecule has 7 nitrogen and oxygen atoms in total. The van der Waals surface area contributed by atoms with Crippen LogP contribution in [0.4, 0.5) is 13.2 Å². The maximum atomic E-state index is 13.5. The summed E-state index contributed by atoms with van der Waals surface area (Å²) in [6.07, 6.45) is -0.786. The summed E-state index contributed by atoms with van der Waals surface area (Å²) in [5, 5.41) is 4.50. The first-order valence-corrected chi connectivity index (χ1v) is 9.75. The van der Waals surface area contributed by atoms with Gasteiger partial charge in [-0.25, -0.2) is 9.48 Å². The summed E-state index contributed by atoms with van der Waals surface area (Å²) in [7, 11) is 0. The Hall–Kier alpha value is -2.36. The van der Waals surface area contributed by atoms with E-state index in [0.717, 1.165) is 22.1 Å². The molecule has 2 aromatic heterocycles. The van der Waals surface area contributed by atoms with Gasteiger partial charge in [-0.2, -0.15) is 18.3 Å². The molecule has 1 saturated heterocycles. The molecule has 0 bridgehead atoms. The van der Waals surface area contributed by atoms with Crippen molar-refractivity contribution in [2.75, 3.05) is 13.1 Å². The first-order valence-electron chi connectivity index (χ1n) is 9.37. The van der Waals surface area contributed by atoms with E-state index in [-0.39, 0.29) is 12.4 Å². The molecule has 1 amide bonds. The SMILES string of the molecule is O=C(C1CC(C(F)(F)F)Cc2nn(Cc3cncc(Cl)c3)c(=O)n21)N1CCCC1. The number of alkyl halides is 3. The summed E-state index contributed by atoms with van der Waals surface area (Å²) in [4.78, 5) is 31.4. The van der Waals surface area contributed by atoms with Crippen LogP contribution in [0.1, 0.15) is 36.7 Å². The highest BCUT2D eigenvalue weighted by Crippen LogP contribution is 2.39. The van der Waals surface area contributed by atoms with E-state index >= 15 is 0 Å². The Morgan fingerprint density at radius 1 is 1.24 bits per heavy atom. The number of nitrogens with zero attached hydrogens (tertiary/aromatic N) is 5. The Morgan fingerprint density at radius 2 is 1.97 bits per heavy atom. The molecule has 4 heterocycles. The molecule has 4 rings (SSSR count). The van der Waals surface area contributed by atoms with Crippen LogP contribution in [0.25, 0.3) is 0 Å². The molecule has 2 atom stereocenters. The highest BCUT2D eigenvalue weighted by atomic mass is 35.5.